The smallest absolute Gasteiger partial charge is 0.175 e. The predicted octanol–water partition coefficient (Wildman–Crippen LogP) is 3.89. The van der Waals surface area contributed by atoms with Gasteiger partial charge < -0.3 is 9.51 Å². The topological polar surface area (TPSA) is 58.9 Å². The molecule has 0 fully saturated rings. The molecule has 3 aromatic rings. The van der Waals surface area contributed by atoms with Gasteiger partial charge in [-0.15, -0.1) is 11.8 Å². The fraction of sp³-hybridized carbons (Fsp3) is 0.250. The minimum absolute atomic E-state index is 0.148. The second kappa shape index (κ2) is 5.77. The van der Waals surface area contributed by atoms with E-state index >= 15 is 0 Å². The second-order valence-corrected chi connectivity index (χ2v) is 6.00. The molecule has 0 saturated heterocycles. The first-order chi connectivity index (χ1) is 10.1. The highest BCUT2D eigenvalue weighted by atomic mass is 32.2. The standard InChI is InChI=1S/C16H16N2O2S/c1-10-7-12(18-20-10)8-21-9-15(19)16-11(2)17-14-6-4-3-5-13(14)16/h3-7,17H,8-9H2,1-2H3. The van der Waals surface area contributed by atoms with Gasteiger partial charge in [0.05, 0.1) is 11.4 Å². The number of para-hydroxylation sites is 1. The van der Waals surface area contributed by atoms with Crippen LogP contribution in [0.3, 0.4) is 0 Å². The summed E-state index contributed by atoms with van der Waals surface area (Å²) in [6.07, 6.45) is 0. The number of nitrogens with zero attached hydrogens (tertiary/aromatic N) is 1. The number of ketones is 1. The zero-order chi connectivity index (χ0) is 14.8. The van der Waals surface area contributed by atoms with Crippen molar-refractivity contribution >= 4 is 28.4 Å². The molecule has 0 aliphatic carbocycles. The van der Waals surface area contributed by atoms with Gasteiger partial charge in [0.15, 0.2) is 5.78 Å². The van der Waals surface area contributed by atoms with Crippen LogP contribution in [0.5, 0.6) is 0 Å². The Labute approximate surface area is 126 Å². The first-order valence-corrected chi connectivity index (χ1v) is 7.91. The molecule has 0 amide bonds. The van der Waals surface area contributed by atoms with Crippen molar-refractivity contribution in [3.05, 3.63) is 53.0 Å². The van der Waals surface area contributed by atoms with E-state index in [4.69, 9.17) is 4.52 Å². The third-order valence-electron chi connectivity index (χ3n) is 3.33. The van der Waals surface area contributed by atoms with Gasteiger partial charge in [-0.1, -0.05) is 23.4 Å². The van der Waals surface area contributed by atoms with E-state index in [0.717, 1.165) is 33.6 Å². The average Bonchev–Trinajstić information content (AvgIpc) is 3.01. The number of H-pyrrole nitrogens is 1. The first-order valence-electron chi connectivity index (χ1n) is 6.75. The molecule has 0 aliphatic heterocycles. The Hall–Kier alpha value is -2.01. The molecule has 0 spiro atoms. The maximum Gasteiger partial charge on any atom is 0.175 e. The van der Waals surface area contributed by atoms with Gasteiger partial charge in [0.1, 0.15) is 5.76 Å². The van der Waals surface area contributed by atoms with Crippen LogP contribution in [0.15, 0.2) is 34.9 Å². The number of carbonyl (C=O) groups excluding carboxylic acids is 1. The lowest BCUT2D eigenvalue weighted by Crippen LogP contribution is -2.04. The van der Waals surface area contributed by atoms with E-state index in [9.17, 15) is 4.79 Å². The van der Waals surface area contributed by atoms with Gasteiger partial charge in [-0.25, -0.2) is 0 Å². The Morgan fingerprint density at radius 2 is 2.14 bits per heavy atom. The molecular weight excluding hydrogens is 284 g/mol. The van der Waals surface area contributed by atoms with Crippen molar-refractivity contribution in [2.45, 2.75) is 19.6 Å². The highest BCUT2D eigenvalue weighted by Crippen LogP contribution is 2.24. The number of thioether (sulfide) groups is 1. The minimum atomic E-state index is 0.148. The van der Waals surface area contributed by atoms with Crippen LogP contribution >= 0.6 is 11.8 Å². The molecule has 1 N–H and O–H groups in total. The number of nitrogens with one attached hydrogen (secondary N) is 1. The fourth-order valence-electron chi connectivity index (χ4n) is 2.44. The van der Waals surface area contributed by atoms with Crippen molar-refractivity contribution in [1.29, 1.82) is 0 Å². The number of benzene rings is 1. The van der Waals surface area contributed by atoms with Crippen LogP contribution in [0.4, 0.5) is 0 Å². The number of hydrogen-bond donors (Lipinski definition) is 1. The summed E-state index contributed by atoms with van der Waals surface area (Å²) in [4.78, 5) is 15.7. The minimum Gasteiger partial charge on any atom is -0.361 e. The van der Waals surface area contributed by atoms with E-state index in [0.29, 0.717) is 11.5 Å². The van der Waals surface area contributed by atoms with E-state index in [1.54, 1.807) is 11.8 Å². The maximum absolute atomic E-state index is 12.5. The van der Waals surface area contributed by atoms with E-state index in [-0.39, 0.29) is 5.78 Å². The largest absolute Gasteiger partial charge is 0.361 e. The Balaban J connectivity index is 1.71. The van der Waals surface area contributed by atoms with Gasteiger partial charge in [0.25, 0.3) is 0 Å². The fourth-order valence-corrected chi connectivity index (χ4v) is 3.22. The van der Waals surface area contributed by atoms with Gasteiger partial charge in [0, 0.05) is 34.0 Å². The summed E-state index contributed by atoms with van der Waals surface area (Å²) in [7, 11) is 0. The maximum atomic E-state index is 12.5. The molecule has 2 heterocycles. The molecule has 0 saturated carbocycles. The lowest BCUT2D eigenvalue weighted by Gasteiger charge is -2.00. The molecule has 4 nitrogen and oxygen atoms in total. The highest BCUT2D eigenvalue weighted by molar-refractivity contribution is 7.99. The number of aromatic nitrogens is 2. The predicted molar refractivity (Wildman–Crippen MR) is 84.8 cm³/mol. The van der Waals surface area contributed by atoms with Crippen molar-refractivity contribution in [3.8, 4) is 0 Å². The molecule has 1 aromatic carbocycles. The first kappa shape index (κ1) is 13.9. The van der Waals surface area contributed by atoms with Gasteiger partial charge in [-0.05, 0) is 19.9 Å². The summed E-state index contributed by atoms with van der Waals surface area (Å²) in [5.41, 5.74) is 3.62. The molecule has 3 rings (SSSR count). The molecule has 21 heavy (non-hydrogen) atoms. The van der Waals surface area contributed by atoms with Gasteiger partial charge in [0.2, 0.25) is 0 Å². The van der Waals surface area contributed by atoms with Crippen LogP contribution in [0.25, 0.3) is 10.9 Å². The van der Waals surface area contributed by atoms with Gasteiger partial charge >= 0.3 is 0 Å². The third-order valence-corrected chi connectivity index (χ3v) is 4.30. The van der Waals surface area contributed by atoms with Crippen LogP contribution in [0, 0.1) is 13.8 Å². The van der Waals surface area contributed by atoms with Crippen molar-refractivity contribution in [1.82, 2.24) is 10.1 Å². The third kappa shape index (κ3) is 2.88. The lowest BCUT2D eigenvalue weighted by atomic mass is 10.1. The summed E-state index contributed by atoms with van der Waals surface area (Å²) < 4.78 is 5.02. The normalized spacial score (nSPS) is 11.1. The molecule has 0 unspecified atom stereocenters. The number of rotatable bonds is 5. The number of aryl methyl sites for hydroxylation is 2. The molecular formula is C16H16N2O2S. The van der Waals surface area contributed by atoms with E-state index < -0.39 is 0 Å². The van der Waals surface area contributed by atoms with Crippen LogP contribution in [0.1, 0.15) is 27.5 Å². The number of aromatic amines is 1. The molecule has 2 aromatic heterocycles. The molecule has 0 aliphatic rings. The number of hydrogen-bond acceptors (Lipinski definition) is 4. The summed E-state index contributed by atoms with van der Waals surface area (Å²) in [6.45, 7) is 3.81. The quantitative estimate of drug-likeness (QED) is 0.726. The molecule has 5 heteroatoms. The van der Waals surface area contributed by atoms with E-state index in [1.807, 2.05) is 44.2 Å². The molecule has 0 bridgehead atoms. The molecule has 108 valence electrons. The van der Waals surface area contributed by atoms with Crippen molar-refractivity contribution in [3.63, 3.8) is 0 Å². The van der Waals surface area contributed by atoms with Gasteiger partial charge in [-0.2, -0.15) is 0 Å². The number of Topliss-reactive ketones (excluding diaryl/α,β-unsaturated/α-hetero) is 1. The van der Waals surface area contributed by atoms with Crippen molar-refractivity contribution in [2.24, 2.45) is 0 Å². The van der Waals surface area contributed by atoms with Crippen molar-refractivity contribution in [2.75, 3.05) is 5.75 Å². The second-order valence-electron chi connectivity index (χ2n) is 5.02. The Kier molecular flexibility index (Phi) is 3.84. The SMILES string of the molecule is Cc1cc(CSCC(=O)c2c(C)[nH]c3ccccc23)no1. The van der Waals surface area contributed by atoms with Crippen LogP contribution in [-0.2, 0) is 5.75 Å². The Bertz CT molecular complexity index is 789. The Morgan fingerprint density at radius 3 is 2.90 bits per heavy atom. The van der Waals surface area contributed by atoms with Crippen LogP contribution in [-0.4, -0.2) is 21.7 Å². The monoisotopic (exact) mass is 300 g/mol. The summed E-state index contributed by atoms with van der Waals surface area (Å²) in [5.74, 6) is 2.07. The van der Waals surface area contributed by atoms with Gasteiger partial charge in [-0.3, -0.25) is 4.79 Å². The Morgan fingerprint density at radius 1 is 1.33 bits per heavy atom. The van der Waals surface area contributed by atoms with Crippen molar-refractivity contribution < 1.29 is 9.32 Å². The van der Waals surface area contributed by atoms with E-state index in [1.165, 1.54) is 0 Å². The number of carbonyl (C=O) groups is 1. The van der Waals surface area contributed by atoms with Crippen LogP contribution < -0.4 is 0 Å². The summed E-state index contributed by atoms with van der Waals surface area (Å²) in [6, 6.07) is 9.79. The molecule has 0 radical (unpaired) electrons. The number of fused-ring (bicyclic) bond motifs is 1. The zero-order valence-electron chi connectivity index (χ0n) is 12.0. The summed E-state index contributed by atoms with van der Waals surface area (Å²) in [5, 5.41) is 4.93. The summed E-state index contributed by atoms with van der Waals surface area (Å²) >= 11 is 1.56. The lowest BCUT2D eigenvalue weighted by molar-refractivity contribution is 0.102. The van der Waals surface area contributed by atoms with Crippen LogP contribution in [0.2, 0.25) is 0 Å². The molecule has 0 atom stereocenters. The highest BCUT2D eigenvalue weighted by Gasteiger charge is 2.15. The zero-order valence-corrected chi connectivity index (χ0v) is 12.8. The van der Waals surface area contributed by atoms with E-state index in [2.05, 4.69) is 10.1 Å². The average molecular weight is 300 g/mol.